The number of hydrogen-bond acceptors (Lipinski definition) is 5. The number of amides is 1. The first kappa shape index (κ1) is 27.1. The van der Waals surface area contributed by atoms with Crippen LogP contribution in [0, 0.1) is 24.2 Å². The van der Waals surface area contributed by atoms with E-state index in [9.17, 15) is 9.59 Å². The summed E-state index contributed by atoms with van der Waals surface area (Å²) < 4.78 is 6.20. The molecule has 1 amide bonds. The van der Waals surface area contributed by atoms with Crippen LogP contribution < -0.4 is 5.32 Å². The van der Waals surface area contributed by atoms with Gasteiger partial charge in [-0.3, -0.25) is 9.59 Å². The highest BCUT2D eigenvalue weighted by molar-refractivity contribution is 7.09. The largest absolute Gasteiger partial charge is 0.366 e. The minimum Gasteiger partial charge on any atom is -0.366 e. The Morgan fingerprint density at radius 2 is 1.97 bits per heavy atom. The van der Waals surface area contributed by atoms with E-state index in [2.05, 4.69) is 49.5 Å². The predicted molar refractivity (Wildman–Crippen MR) is 140 cm³/mol. The molecule has 34 heavy (non-hydrogen) atoms. The number of carbonyl (C=O) groups is 2. The lowest BCUT2D eigenvalue weighted by Gasteiger charge is -2.29. The van der Waals surface area contributed by atoms with Gasteiger partial charge in [-0.15, -0.1) is 11.3 Å². The first-order valence-electron chi connectivity index (χ1n) is 13.1. The van der Waals surface area contributed by atoms with E-state index in [1.54, 1.807) is 11.3 Å². The lowest BCUT2D eigenvalue weighted by Crippen LogP contribution is -2.39. The second kappa shape index (κ2) is 11.0. The van der Waals surface area contributed by atoms with E-state index in [1.807, 2.05) is 20.8 Å². The Kier molecular flexibility index (Phi) is 8.78. The van der Waals surface area contributed by atoms with Crippen molar-refractivity contribution >= 4 is 29.1 Å². The molecule has 1 aromatic heterocycles. The quantitative estimate of drug-likeness (QED) is 0.493. The molecule has 2 fully saturated rings. The SMILES string of the molecule is CCC(=Cc1csc(C)n1)C1CC2OC2(C)CCCC(C)CC(C)C(=O)C(C)(C)CCC(=O)N1. The van der Waals surface area contributed by atoms with E-state index in [1.165, 1.54) is 5.57 Å². The third kappa shape index (κ3) is 7.00. The molecule has 1 N–H and O–H groups in total. The number of nitrogens with one attached hydrogen (secondary N) is 1. The van der Waals surface area contributed by atoms with Gasteiger partial charge in [0.05, 0.1) is 28.4 Å². The van der Waals surface area contributed by atoms with Gasteiger partial charge in [-0.2, -0.15) is 0 Å². The van der Waals surface area contributed by atoms with E-state index in [0.29, 0.717) is 18.8 Å². The van der Waals surface area contributed by atoms with Crippen molar-refractivity contribution in [3.63, 3.8) is 0 Å². The van der Waals surface area contributed by atoms with Crippen molar-refractivity contribution in [2.24, 2.45) is 17.3 Å². The van der Waals surface area contributed by atoms with Crippen LogP contribution in [0.5, 0.6) is 0 Å². The normalized spacial score (nSPS) is 33.8. The Morgan fingerprint density at radius 3 is 2.62 bits per heavy atom. The van der Waals surface area contributed by atoms with Gasteiger partial charge >= 0.3 is 0 Å². The van der Waals surface area contributed by atoms with Crippen molar-refractivity contribution < 1.29 is 14.3 Å². The van der Waals surface area contributed by atoms with Crippen LogP contribution in [0.15, 0.2) is 11.0 Å². The van der Waals surface area contributed by atoms with Gasteiger partial charge in [0.15, 0.2) is 0 Å². The first-order chi connectivity index (χ1) is 15.9. The highest BCUT2D eigenvalue weighted by Crippen LogP contribution is 2.44. The summed E-state index contributed by atoms with van der Waals surface area (Å²) in [4.78, 5) is 30.9. The van der Waals surface area contributed by atoms with Crippen molar-refractivity contribution in [2.75, 3.05) is 0 Å². The molecular formula is C28H44N2O3S. The average Bonchev–Trinajstić information content (AvgIpc) is 3.20. The fraction of sp³-hybridized carbons (Fsp3) is 0.750. The number of carbonyl (C=O) groups excluding carboxylic acids is 2. The molecule has 0 radical (unpaired) electrons. The second-order valence-corrected chi connectivity index (χ2v) is 12.6. The Bertz CT molecular complexity index is 905. The molecule has 0 bridgehead atoms. The summed E-state index contributed by atoms with van der Waals surface area (Å²) in [5.74, 6) is 0.817. The summed E-state index contributed by atoms with van der Waals surface area (Å²) in [7, 11) is 0. The maximum absolute atomic E-state index is 13.2. The number of aromatic nitrogens is 1. The number of Topliss-reactive ketones (excluding diaryl/α,β-unsaturated/α-hetero) is 1. The van der Waals surface area contributed by atoms with Gasteiger partial charge in [0, 0.05) is 29.6 Å². The first-order valence-corrected chi connectivity index (χ1v) is 14.0. The molecule has 5 nitrogen and oxygen atoms in total. The molecule has 3 rings (SSSR count). The van der Waals surface area contributed by atoms with Crippen LogP contribution in [0.4, 0.5) is 0 Å². The third-order valence-electron chi connectivity index (χ3n) is 7.86. The molecule has 0 saturated carbocycles. The van der Waals surface area contributed by atoms with Gasteiger partial charge in [0.25, 0.3) is 0 Å². The maximum atomic E-state index is 13.2. The summed E-state index contributed by atoms with van der Waals surface area (Å²) in [5.41, 5.74) is 1.52. The summed E-state index contributed by atoms with van der Waals surface area (Å²) in [6.07, 6.45) is 8.98. The molecule has 2 aliphatic heterocycles. The molecule has 6 heteroatoms. The van der Waals surface area contributed by atoms with Crippen LogP contribution in [0.25, 0.3) is 6.08 Å². The molecule has 5 unspecified atom stereocenters. The van der Waals surface area contributed by atoms with Crippen molar-refractivity contribution in [3.05, 3.63) is 21.7 Å². The number of fused-ring (bicyclic) bond motifs is 1. The number of hydrogen-bond donors (Lipinski definition) is 1. The molecule has 0 aromatic carbocycles. The number of epoxide rings is 1. The Labute approximate surface area is 210 Å². The van der Waals surface area contributed by atoms with Gasteiger partial charge in [-0.05, 0) is 57.1 Å². The summed E-state index contributed by atoms with van der Waals surface area (Å²) >= 11 is 1.64. The van der Waals surface area contributed by atoms with Crippen molar-refractivity contribution in [2.45, 2.75) is 118 Å². The monoisotopic (exact) mass is 488 g/mol. The number of ketones is 1. The fourth-order valence-electron chi connectivity index (χ4n) is 5.52. The number of thiazole rings is 1. The summed E-state index contributed by atoms with van der Waals surface area (Å²) in [6, 6.07) is -0.0871. The van der Waals surface area contributed by atoms with Crippen LogP contribution in [0.3, 0.4) is 0 Å². The van der Waals surface area contributed by atoms with E-state index in [4.69, 9.17) is 4.74 Å². The number of aryl methyl sites for hydroxylation is 1. The van der Waals surface area contributed by atoms with E-state index in [-0.39, 0.29) is 35.4 Å². The lowest BCUT2D eigenvalue weighted by molar-refractivity contribution is -0.132. The highest BCUT2D eigenvalue weighted by atomic mass is 32.1. The number of nitrogens with zero attached hydrogens (tertiary/aromatic N) is 1. The Hall–Kier alpha value is -1.53. The fourth-order valence-corrected chi connectivity index (χ4v) is 6.09. The van der Waals surface area contributed by atoms with Crippen LogP contribution in [-0.4, -0.2) is 34.4 Å². The molecule has 190 valence electrons. The van der Waals surface area contributed by atoms with Gasteiger partial charge < -0.3 is 10.1 Å². The number of rotatable bonds is 3. The topological polar surface area (TPSA) is 71.6 Å². The Balaban J connectivity index is 1.82. The van der Waals surface area contributed by atoms with E-state index < -0.39 is 5.41 Å². The van der Waals surface area contributed by atoms with Crippen LogP contribution in [0.1, 0.15) is 104 Å². The highest BCUT2D eigenvalue weighted by Gasteiger charge is 2.52. The lowest BCUT2D eigenvalue weighted by atomic mass is 9.75. The zero-order chi connectivity index (χ0) is 25.1. The maximum Gasteiger partial charge on any atom is 0.220 e. The minimum absolute atomic E-state index is 0.00940. The standard InChI is InChI=1S/C28H44N2O3S/c1-8-21(15-22-17-34-20(4)29-22)23-16-24-28(7,33-24)12-9-10-18(2)14-19(3)26(32)27(5,6)13-11-25(31)30-23/h15,17-19,23-24H,8-14,16H2,1-7H3,(H,30,31). The molecular weight excluding hydrogens is 444 g/mol. The van der Waals surface area contributed by atoms with Gasteiger partial charge in [-0.1, -0.05) is 47.5 Å². The van der Waals surface area contributed by atoms with Crippen molar-refractivity contribution in [1.82, 2.24) is 10.3 Å². The zero-order valence-electron chi connectivity index (χ0n) is 22.2. The minimum atomic E-state index is -0.497. The molecule has 5 atom stereocenters. The van der Waals surface area contributed by atoms with Crippen molar-refractivity contribution in [1.29, 1.82) is 0 Å². The van der Waals surface area contributed by atoms with Crippen LogP contribution in [0.2, 0.25) is 0 Å². The smallest absolute Gasteiger partial charge is 0.220 e. The van der Waals surface area contributed by atoms with Crippen LogP contribution in [-0.2, 0) is 14.3 Å². The molecule has 2 aliphatic rings. The van der Waals surface area contributed by atoms with E-state index in [0.717, 1.165) is 49.2 Å². The Morgan fingerprint density at radius 1 is 1.24 bits per heavy atom. The van der Waals surface area contributed by atoms with Gasteiger partial charge in [-0.25, -0.2) is 4.98 Å². The molecule has 2 saturated heterocycles. The zero-order valence-corrected chi connectivity index (χ0v) is 23.0. The second-order valence-electron chi connectivity index (χ2n) is 11.5. The van der Waals surface area contributed by atoms with Crippen LogP contribution >= 0.6 is 11.3 Å². The third-order valence-corrected chi connectivity index (χ3v) is 8.66. The van der Waals surface area contributed by atoms with Gasteiger partial charge in [0.2, 0.25) is 5.91 Å². The summed E-state index contributed by atoms with van der Waals surface area (Å²) in [6.45, 7) is 14.7. The molecule has 1 aromatic rings. The molecule has 3 heterocycles. The van der Waals surface area contributed by atoms with Crippen molar-refractivity contribution in [3.8, 4) is 0 Å². The molecule has 0 spiro atoms. The average molecular weight is 489 g/mol. The van der Waals surface area contributed by atoms with E-state index >= 15 is 0 Å². The number of ether oxygens (including phenoxy) is 1. The van der Waals surface area contributed by atoms with Gasteiger partial charge in [0.1, 0.15) is 5.78 Å². The predicted octanol–water partition coefficient (Wildman–Crippen LogP) is 6.50. The summed E-state index contributed by atoms with van der Waals surface area (Å²) in [5, 5.41) is 6.40. The molecule has 0 aliphatic carbocycles.